The predicted octanol–water partition coefficient (Wildman–Crippen LogP) is 1.80. The Balaban J connectivity index is 1.65. The van der Waals surface area contributed by atoms with Crippen LogP contribution in [0.15, 0.2) is 0 Å². The summed E-state index contributed by atoms with van der Waals surface area (Å²) in [7, 11) is 0. The largest absolute Gasteiger partial charge is 0.380 e. The van der Waals surface area contributed by atoms with Crippen molar-refractivity contribution in [3.05, 3.63) is 0 Å². The third-order valence-corrected chi connectivity index (χ3v) is 2.20. The molecule has 0 amide bonds. The van der Waals surface area contributed by atoms with Gasteiger partial charge in [-0.15, -0.1) is 0 Å². The van der Waals surface area contributed by atoms with E-state index in [0.717, 1.165) is 25.7 Å². The Labute approximate surface area is 75.7 Å². The summed E-state index contributed by atoms with van der Waals surface area (Å²) in [6.45, 7) is 6.24. The average molecular weight is 171 g/mol. The van der Waals surface area contributed by atoms with Crippen molar-refractivity contribution in [2.45, 2.75) is 32.6 Å². The number of ether oxygens (including phenoxy) is 1. The van der Waals surface area contributed by atoms with E-state index >= 15 is 0 Å². The van der Waals surface area contributed by atoms with Crippen molar-refractivity contribution in [2.75, 3.05) is 26.3 Å². The Bertz CT molecular complexity index is 102. The maximum Gasteiger partial charge on any atom is 0.0590 e. The standard InChI is InChI=1S/C10H21NO/c1-2-3-7-12-8-6-11-9-10-4-5-10/h10-11H,2-9H2,1H3. The molecule has 0 unspecified atom stereocenters. The van der Waals surface area contributed by atoms with Gasteiger partial charge < -0.3 is 10.1 Å². The van der Waals surface area contributed by atoms with E-state index in [0.29, 0.717) is 0 Å². The summed E-state index contributed by atoms with van der Waals surface area (Å²) in [6, 6.07) is 0. The Kier molecular flexibility index (Phi) is 5.37. The van der Waals surface area contributed by atoms with Crippen molar-refractivity contribution in [2.24, 2.45) is 5.92 Å². The zero-order valence-corrected chi connectivity index (χ0v) is 8.14. The lowest BCUT2D eigenvalue weighted by atomic mass is 10.4. The molecule has 2 nitrogen and oxygen atoms in total. The third kappa shape index (κ3) is 5.56. The van der Waals surface area contributed by atoms with Gasteiger partial charge in [0.15, 0.2) is 0 Å². The van der Waals surface area contributed by atoms with E-state index < -0.39 is 0 Å². The van der Waals surface area contributed by atoms with E-state index in [2.05, 4.69) is 12.2 Å². The van der Waals surface area contributed by atoms with Gasteiger partial charge in [-0.3, -0.25) is 0 Å². The fourth-order valence-corrected chi connectivity index (χ4v) is 1.12. The number of unbranched alkanes of at least 4 members (excludes halogenated alkanes) is 1. The van der Waals surface area contributed by atoms with Crippen LogP contribution < -0.4 is 5.32 Å². The molecule has 0 aliphatic heterocycles. The minimum atomic E-state index is 0.882. The molecule has 0 atom stereocenters. The van der Waals surface area contributed by atoms with Crippen LogP contribution in [0.3, 0.4) is 0 Å². The lowest BCUT2D eigenvalue weighted by Crippen LogP contribution is -2.22. The first-order valence-corrected chi connectivity index (χ1v) is 5.22. The second-order valence-corrected chi connectivity index (χ2v) is 3.61. The lowest BCUT2D eigenvalue weighted by molar-refractivity contribution is 0.133. The first-order chi connectivity index (χ1) is 5.93. The maximum atomic E-state index is 5.41. The second-order valence-electron chi connectivity index (χ2n) is 3.61. The zero-order chi connectivity index (χ0) is 8.65. The zero-order valence-electron chi connectivity index (χ0n) is 8.14. The molecule has 1 aliphatic carbocycles. The van der Waals surface area contributed by atoms with Crippen LogP contribution in [0.5, 0.6) is 0 Å². The van der Waals surface area contributed by atoms with E-state index in [4.69, 9.17) is 4.74 Å². The summed E-state index contributed by atoms with van der Waals surface area (Å²) in [5.74, 6) is 0.987. The van der Waals surface area contributed by atoms with E-state index in [1.54, 1.807) is 0 Å². The molecule has 72 valence electrons. The predicted molar refractivity (Wildman–Crippen MR) is 51.3 cm³/mol. The van der Waals surface area contributed by atoms with Gasteiger partial charge in [0.2, 0.25) is 0 Å². The SMILES string of the molecule is CCCCOCCNCC1CC1. The molecule has 0 aromatic rings. The Morgan fingerprint density at radius 1 is 1.33 bits per heavy atom. The summed E-state index contributed by atoms with van der Waals surface area (Å²) in [4.78, 5) is 0. The van der Waals surface area contributed by atoms with Gasteiger partial charge in [0.25, 0.3) is 0 Å². The fourth-order valence-electron chi connectivity index (χ4n) is 1.12. The minimum Gasteiger partial charge on any atom is -0.380 e. The highest BCUT2D eigenvalue weighted by molar-refractivity contribution is 4.74. The van der Waals surface area contributed by atoms with Crippen LogP contribution in [-0.2, 0) is 4.74 Å². The number of hydrogen-bond donors (Lipinski definition) is 1. The van der Waals surface area contributed by atoms with Crippen LogP contribution in [0.2, 0.25) is 0 Å². The Hall–Kier alpha value is -0.0800. The van der Waals surface area contributed by atoms with Gasteiger partial charge in [0, 0.05) is 13.2 Å². The van der Waals surface area contributed by atoms with Crippen LogP contribution in [0, 0.1) is 5.92 Å². The molecule has 0 bridgehead atoms. The summed E-state index contributed by atoms with van der Waals surface area (Å²) in [6.07, 6.45) is 5.30. The molecule has 0 aromatic carbocycles. The van der Waals surface area contributed by atoms with Crippen molar-refractivity contribution in [3.63, 3.8) is 0 Å². The molecule has 0 radical (unpaired) electrons. The first-order valence-electron chi connectivity index (χ1n) is 5.22. The van der Waals surface area contributed by atoms with Gasteiger partial charge >= 0.3 is 0 Å². The monoisotopic (exact) mass is 171 g/mol. The van der Waals surface area contributed by atoms with Gasteiger partial charge in [-0.2, -0.15) is 0 Å². The number of rotatable bonds is 8. The molecule has 1 saturated carbocycles. The van der Waals surface area contributed by atoms with E-state index in [9.17, 15) is 0 Å². The van der Waals surface area contributed by atoms with Gasteiger partial charge in [0.05, 0.1) is 6.61 Å². The molecule has 1 aliphatic rings. The molecule has 1 rings (SSSR count). The van der Waals surface area contributed by atoms with Gasteiger partial charge in [-0.05, 0) is 31.7 Å². The lowest BCUT2D eigenvalue weighted by Gasteiger charge is -2.04. The summed E-state index contributed by atoms with van der Waals surface area (Å²) >= 11 is 0. The molecular weight excluding hydrogens is 150 g/mol. The van der Waals surface area contributed by atoms with Gasteiger partial charge in [-0.1, -0.05) is 13.3 Å². The van der Waals surface area contributed by atoms with Crippen molar-refractivity contribution in [1.29, 1.82) is 0 Å². The highest BCUT2D eigenvalue weighted by Crippen LogP contribution is 2.27. The molecule has 0 heterocycles. The Morgan fingerprint density at radius 3 is 2.83 bits per heavy atom. The molecular formula is C10H21NO. The molecule has 2 heteroatoms. The van der Waals surface area contributed by atoms with Crippen LogP contribution in [0.4, 0.5) is 0 Å². The molecule has 0 saturated heterocycles. The Morgan fingerprint density at radius 2 is 2.17 bits per heavy atom. The number of hydrogen-bond acceptors (Lipinski definition) is 2. The van der Waals surface area contributed by atoms with Crippen molar-refractivity contribution in [1.82, 2.24) is 5.32 Å². The smallest absolute Gasteiger partial charge is 0.0590 e. The topological polar surface area (TPSA) is 21.3 Å². The normalized spacial score (nSPS) is 16.8. The van der Waals surface area contributed by atoms with Gasteiger partial charge in [0.1, 0.15) is 0 Å². The summed E-state index contributed by atoms with van der Waals surface area (Å²) in [5.41, 5.74) is 0. The summed E-state index contributed by atoms with van der Waals surface area (Å²) in [5, 5.41) is 3.40. The van der Waals surface area contributed by atoms with Crippen LogP contribution in [0.25, 0.3) is 0 Å². The van der Waals surface area contributed by atoms with Crippen LogP contribution in [0.1, 0.15) is 32.6 Å². The minimum absolute atomic E-state index is 0.882. The third-order valence-electron chi connectivity index (χ3n) is 2.20. The number of nitrogens with one attached hydrogen (secondary N) is 1. The molecule has 1 N–H and O–H groups in total. The highest BCUT2D eigenvalue weighted by atomic mass is 16.5. The van der Waals surface area contributed by atoms with E-state index in [1.807, 2.05) is 0 Å². The maximum absolute atomic E-state index is 5.41. The van der Waals surface area contributed by atoms with Crippen molar-refractivity contribution in [3.8, 4) is 0 Å². The van der Waals surface area contributed by atoms with Crippen molar-refractivity contribution < 1.29 is 4.74 Å². The highest BCUT2D eigenvalue weighted by Gasteiger charge is 2.19. The average Bonchev–Trinajstić information content (AvgIpc) is 2.87. The summed E-state index contributed by atoms with van der Waals surface area (Å²) < 4.78 is 5.41. The van der Waals surface area contributed by atoms with Crippen LogP contribution >= 0.6 is 0 Å². The van der Waals surface area contributed by atoms with E-state index in [-0.39, 0.29) is 0 Å². The van der Waals surface area contributed by atoms with Gasteiger partial charge in [-0.25, -0.2) is 0 Å². The molecule has 12 heavy (non-hydrogen) atoms. The molecule has 1 fully saturated rings. The quantitative estimate of drug-likeness (QED) is 0.562. The molecule has 0 aromatic heterocycles. The first kappa shape index (κ1) is 10.0. The van der Waals surface area contributed by atoms with Crippen molar-refractivity contribution >= 4 is 0 Å². The fraction of sp³-hybridized carbons (Fsp3) is 1.00. The van der Waals surface area contributed by atoms with E-state index in [1.165, 1.54) is 32.2 Å². The second kappa shape index (κ2) is 6.44. The van der Waals surface area contributed by atoms with Crippen LogP contribution in [-0.4, -0.2) is 26.3 Å². The molecule has 0 spiro atoms.